The minimum absolute atomic E-state index is 0.167. The van der Waals surface area contributed by atoms with Crippen LogP contribution in [0.4, 0.5) is 0 Å². The van der Waals surface area contributed by atoms with Crippen LogP contribution in [0.2, 0.25) is 0 Å². The van der Waals surface area contributed by atoms with Gasteiger partial charge in [0.1, 0.15) is 0 Å². The molecule has 0 heterocycles. The molecule has 2 atom stereocenters. The highest BCUT2D eigenvalue weighted by Gasteiger charge is 2.43. The van der Waals surface area contributed by atoms with Gasteiger partial charge in [0.25, 0.3) is 0 Å². The number of carboxylic acid groups (broad SMARTS) is 2. The molecule has 0 aliphatic heterocycles. The van der Waals surface area contributed by atoms with Gasteiger partial charge in [-0.2, -0.15) is 0 Å². The average molecular weight is 312 g/mol. The second-order valence-electron chi connectivity index (χ2n) is 5.64. The van der Waals surface area contributed by atoms with Gasteiger partial charge in [0.2, 0.25) is 0 Å². The Kier molecular flexibility index (Phi) is 9.42. The first-order valence-corrected chi connectivity index (χ1v) is 7.81. The minimum Gasteiger partial charge on any atom is -0.481 e. The molecule has 0 aromatic carbocycles. The molecule has 1 rings (SSSR count). The van der Waals surface area contributed by atoms with Crippen LogP contribution in [0.1, 0.15) is 52.9 Å². The van der Waals surface area contributed by atoms with Crippen molar-refractivity contribution in [2.24, 2.45) is 11.3 Å². The first-order chi connectivity index (χ1) is 10.3. The maximum absolute atomic E-state index is 11.0. The highest BCUT2D eigenvalue weighted by atomic mass is 16.4. The van der Waals surface area contributed by atoms with Crippen LogP contribution in [0.3, 0.4) is 0 Å². The monoisotopic (exact) mass is 312 g/mol. The van der Waals surface area contributed by atoms with Crippen molar-refractivity contribution >= 4 is 11.9 Å². The number of rotatable bonds is 7. The van der Waals surface area contributed by atoms with Crippen molar-refractivity contribution in [2.75, 3.05) is 6.61 Å². The molecule has 0 saturated carbocycles. The zero-order valence-corrected chi connectivity index (χ0v) is 13.7. The third-order valence-corrected chi connectivity index (χ3v) is 4.11. The van der Waals surface area contributed by atoms with Crippen LogP contribution in [0.15, 0.2) is 23.8 Å². The second-order valence-corrected chi connectivity index (χ2v) is 5.64. The van der Waals surface area contributed by atoms with E-state index in [0.29, 0.717) is 13.0 Å². The van der Waals surface area contributed by atoms with Gasteiger partial charge in [0.15, 0.2) is 0 Å². The van der Waals surface area contributed by atoms with Crippen molar-refractivity contribution in [3.63, 3.8) is 0 Å². The molecular formula is C17H28O5. The number of hydrogen-bond donors (Lipinski definition) is 3. The highest BCUT2D eigenvalue weighted by Crippen LogP contribution is 2.42. The Morgan fingerprint density at radius 2 is 1.82 bits per heavy atom. The Morgan fingerprint density at radius 3 is 2.23 bits per heavy atom. The maximum Gasteiger partial charge on any atom is 0.332 e. The Labute approximate surface area is 132 Å². The molecule has 1 aliphatic rings. The van der Waals surface area contributed by atoms with Crippen LogP contribution < -0.4 is 0 Å². The van der Waals surface area contributed by atoms with Crippen LogP contribution in [-0.4, -0.2) is 33.9 Å². The van der Waals surface area contributed by atoms with E-state index in [1.807, 2.05) is 0 Å². The predicted molar refractivity (Wildman–Crippen MR) is 85.6 cm³/mol. The zero-order chi connectivity index (χ0) is 17.2. The van der Waals surface area contributed by atoms with Crippen molar-refractivity contribution < 1.29 is 24.9 Å². The van der Waals surface area contributed by atoms with Crippen molar-refractivity contribution in [3.8, 4) is 0 Å². The standard InChI is InChI=1S/C11H14O4.C6H14O/c1-3-11(2)7(9(12)13)5-4-6-8(11)10(14)15;1-2-3-4-5-6-7/h4-7H,3H2,1-2H3,(H,12,13)(H,14,15);7H,2-6H2,1H3. The summed E-state index contributed by atoms with van der Waals surface area (Å²) in [5, 5.41) is 26.3. The lowest BCUT2D eigenvalue weighted by Crippen LogP contribution is -2.37. The maximum atomic E-state index is 11.0. The van der Waals surface area contributed by atoms with E-state index in [1.54, 1.807) is 13.8 Å². The molecule has 0 aromatic rings. The fraction of sp³-hybridized carbons (Fsp3) is 0.647. The summed E-state index contributed by atoms with van der Waals surface area (Å²) in [6.07, 6.45) is 9.68. The number of aliphatic hydroxyl groups is 1. The summed E-state index contributed by atoms with van der Waals surface area (Å²) in [7, 11) is 0. The Hall–Kier alpha value is -1.62. The number of carboxylic acids is 2. The summed E-state index contributed by atoms with van der Waals surface area (Å²) in [6, 6.07) is 0. The largest absolute Gasteiger partial charge is 0.481 e. The predicted octanol–water partition coefficient (Wildman–Crippen LogP) is 3.24. The van der Waals surface area contributed by atoms with Gasteiger partial charge in [-0.05, 0) is 12.8 Å². The Morgan fingerprint density at radius 1 is 1.18 bits per heavy atom. The van der Waals surface area contributed by atoms with E-state index in [9.17, 15) is 9.59 Å². The van der Waals surface area contributed by atoms with Gasteiger partial charge >= 0.3 is 11.9 Å². The summed E-state index contributed by atoms with van der Waals surface area (Å²) in [5.41, 5.74) is -0.660. The topological polar surface area (TPSA) is 94.8 Å². The van der Waals surface area contributed by atoms with Crippen LogP contribution >= 0.6 is 0 Å². The number of allylic oxidation sites excluding steroid dienone is 2. The van der Waals surface area contributed by atoms with E-state index < -0.39 is 23.3 Å². The number of hydrogen-bond acceptors (Lipinski definition) is 3. The normalized spacial score (nSPS) is 23.3. The molecule has 0 spiro atoms. The molecule has 5 nitrogen and oxygen atoms in total. The zero-order valence-electron chi connectivity index (χ0n) is 13.7. The van der Waals surface area contributed by atoms with Gasteiger partial charge < -0.3 is 15.3 Å². The van der Waals surface area contributed by atoms with E-state index in [1.165, 1.54) is 37.5 Å². The SMILES string of the molecule is CCC1(C)C(C(=O)O)=CC=CC1C(=O)O.CCCCCCO. The number of carbonyl (C=O) groups is 2. The van der Waals surface area contributed by atoms with Crippen LogP contribution in [0, 0.1) is 11.3 Å². The van der Waals surface area contributed by atoms with Gasteiger partial charge in [-0.1, -0.05) is 58.3 Å². The molecule has 5 heteroatoms. The lowest BCUT2D eigenvalue weighted by atomic mass is 9.67. The third kappa shape index (κ3) is 5.64. The quantitative estimate of drug-likeness (QED) is 0.627. The summed E-state index contributed by atoms with van der Waals surface area (Å²) >= 11 is 0. The molecule has 0 saturated heterocycles. The van der Waals surface area contributed by atoms with E-state index in [0.717, 1.165) is 6.42 Å². The van der Waals surface area contributed by atoms with Crippen molar-refractivity contribution in [1.29, 1.82) is 0 Å². The third-order valence-electron chi connectivity index (χ3n) is 4.11. The van der Waals surface area contributed by atoms with Gasteiger partial charge in [-0.3, -0.25) is 4.79 Å². The van der Waals surface area contributed by atoms with Crippen molar-refractivity contribution in [1.82, 2.24) is 0 Å². The van der Waals surface area contributed by atoms with E-state index in [4.69, 9.17) is 15.3 Å². The van der Waals surface area contributed by atoms with Crippen LogP contribution in [0.25, 0.3) is 0 Å². The van der Waals surface area contributed by atoms with Crippen molar-refractivity contribution in [2.45, 2.75) is 52.9 Å². The molecule has 126 valence electrons. The molecule has 2 unspecified atom stereocenters. The fourth-order valence-corrected chi connectivity index (χ4v) is 2.45. The van der Waals surface area contributed by atoms with Gasteiger partial charge in [-0.15, -0.1) is 0 Å². The lowest BCUT2D eigenvalue weighted by Gasteiger charge is -2.35. The first kappa shape index (κ1) is 20.4. The minimum atomic E-state index is -1.05. The number of unbranched alkanes of at least 4 members (excludes halogenated alkanes) is 3. The number of aliphatic hydroxyl groups excluding tert-OH is 1. The molecule has 22 heavy (non-hydrogen) atoms. The lowest BCUT2D eigenvalue weighted by molar-refractivity contribution is -0.144. The molecule has 0 bridgehead atoms. The molecular weight excluding hydrogens is 284 g/mol. The summed E-state index contributed by atoms with van der Waals surface area (Å²) < 4.78 is 0. The number of aliphatic carboxylic acids is 2. The van der Waals surface area contributed by atoms with Crippen molar-refractivity contribution in [3.05, 3.63) is 23.8 Å². The van der Waals surface area contributed by atoms with E-state index in [2.05, 4.69) is 6.92 Å². The average Bonchev–Trinajstić information content (AvgIpc) is 2.48. The van der Waals surface area contributed by atoms with Gasteiger partial charge in [0.05, 0.1) is 5.92 Å². The smallest absolute Gasteiger partial charge is 0.332 e. The van der Waals surface area contributed by atoms with Gasteiger partial charge in [0, 0.05) is 17.6 Å². The molecule has 0 fully saturated rings. The molecule has 0 amide bonds. The highest BCUT2D eigenvalue weighted by molar-refractivity contribution is 5.91. The second kappa shape index (κ2) is 10.2. The summed E-state index contributed by atoms with van der Waals surface area (Å²) in [4.78, 5) is 22.0. The summed E-state index contributed by atoms with van der Waals surface area (Å²) in [6.45, 7) is 6.00. The molecule has 0 radical (unpaired) electrons. The van der Waals surface area contributed by atoms with E-state index >= 15 is 0 Å². The Balaban J connectivity index is 0.000000534. The van der Waals surface area contributed by atoms with Crippen LogP contribution in [0.5, 0.6) is 0 Å². The van der Waals surface area contributed by atoms with Crippen LogP contribution in [-0.2, 0) is 9.59 Å². The van der Waals surface area contributed by atoms with Gasteiger partial charge in [-0.25, -0.2) is 4.79 Å². The van der Waals surface area contributed by atoms with E-state index in [-0.39, 0.29) is 5.57 Å². The Bertz CT molecular complexity index is 421. The first-order valence-electron chi connectivity index (χ1n) is 7.81. The molecule has 0 aromatic heterocycles. The molecule has 3 N–H and O–H groups in total. The fourth-order valence-electron chi connectivity index (χ4n) is 2.45. The molecule has 1 aliphatic carbocycles. The summed E-state index contributed by atoms with van der Waals surface area (Å²) in [5.74, 6) is -2.80.